The Bertz CT molecular complexity index is 1320. The maximum Gasteiger partial charge on any atom is 0.306 e. The Balaban J connectivity index is 4.21. The van der Waals surface area contributed by atoms with Gasteiger partial charge in [-0.3, -0.25) is 14.4 Å². The van der Waals surface area contributed by atoms with Crippen molar-refractivity contribution in [2.24, 2.45) is 0 Å². The molecular formula is C76H144O6. The van der Waals surface area contributed by atoms with Crippen LogP contribution in [0.1, 0.15) is 425 Å². The van der Waals surface area contributed by atoms with Crippen LogP contribution in [0.5, 0.6) is 0 Å². The standard InChI is InChI=1S/C76H144O6/c1-4-7-10-13-16-19-22-25-28-30-32-34-36-37-38-39-41-42-44-46-48-51-54-57-60-63-66-69-75(78)81-72-73(71-80-74(77)68-65-62-59-56-53-50-27-24-21-18-15-12-9-6-3)82-76(79)70-67-64-61-58-55-52-49-47-45-43-40-35-33-31-29-26-23-20-17-14-11-8-5-2/h24,27,31,33,73H,4-23,25-26,28-30,32,34-72H2,1-3H3/b27-24-,33-31-. The smallest absolute Gasteiger partial charge is 0.306 e. The molecule has 1 unspecified atom stereocenters. The molecule has 0 aliphatic rings. The molecule has 82 heavy (non-hydrogen) atoms. The molecule has 0 radical (unpaired) electrons. The van der Waals surface area contributed by atoms with E-state index in [1.165, 1.54) is 321 Å². The Labute approximate surface area is 513 Å². The predicted molar refractivity (Wildman–Crippen MR) is 358 cm³/mol. The summed E-state index contributed by atoms with van der Waals surface area (Å²) in [7, 11) is 0. The Kier molecular flexibility index (Phi) is 69.5. The zero-order chi connectivity index (χ0) is 59.2. The van der Waals surface area contributed by atoms with Gasteiger partial charge in [-0.15, -0.1) is 0 Å². The summed E-state index contributed by atoms with van der Waals surface area (Å²) >= 11 is 0. The molecule has 0 rings (SSSR count). The van der Waals surface area contributed by atoms with Crippen molar-refractivity contribution in [1.82, 2.24) is 0 Å². The van der Waals surface area contributed by atoms with Crippen LogP contribution in [0.3, 0.4) is 0 Å². The van der Waals surface area contributed by atoms with Crippen molar-refractivity contribution in [3.8, 4) is 0 Å². The lowest BCUT2D eigenvalue weighted by Crippen LogP contribution is -2.30. The summed E-state index contributed by atoms with van der Waals surface area (Å²) in [4.78, 5) is 38.5. The fourth-order valence-electron chi connectivity index (χ4n) is 11.6. The van der Waals surface area contributed by atoms with Crippen LogP contribution in [0, 0.1) is 0 Å². The van der Waals surface area contributed by atoms with Crippen molar-refractivity contribution in [2.45, 2.75) is 431 Å². The number of carbonyl (C=O) groups excluding carboxylic acids is 3. The van der Waals surface area contributed by atoms with Gasteiger partial charge in [-0.05, 0) is 70.6 Å². The molecule has 6 nitrogen and oxygen atoms in total. The molecular weight excluding hydrogens is 1010 g/mol. The molecule has 6 heteroatoms. The van der Waals surface area contributed by atoms with Crippen molar-refractivity contribution in [3.05, 3.63) is 24.3 Å². The summed E-state index contributed by atoms with van der Waals surface area (Å²) in [5, 5.41) is 0. The molecule has 484 valence electrons. The average molecular weight is 1150 g/mol. The molecule has 0 aliphatic heterocycles. The van der Waals surface area contributed by atoms with E-state index in [0.717, 1.165) is 64.2 Å². The maximum absolute atomic E-state index is 13.0. The molecule has 0 aromatic heterocycles. The van der Waals surface area contributed by atoms with Crippen LogP contribution in [0.2, 0.25) is 0 Å². The van der Waals surface area contributed by atoms with Crippen molar-refractivity contribution in [2.75, 3.05) is 13.2 Å². The Morgan fingerprint density at radius 3 is 0.610 bits per heavy atom. The van der Waals surface area contributed by atoms with Crippen LogP contribution < -0.4 is 0 Å². The fraction of sp³-hybridized carbons (Fsp3) is 0.908. The van der Waals surface area contributed by atoms with Crippen molar-refractivity contribution >= 4 is 17.9 Å². The van der Waals surface area contributed by atoms with E-state index in [1.807, 2.05) is 0 Å². The molecule has 0 heterocycles. The third-order valence-electron chi connectivity index (χ3n) is 17.2. The zero-order valence-corrected chi connectivity index (χ0v) is 55.8. The highest BCUT2D eigenvalue weighted by atomic mass is 16.6. The number of esters is 3. The first-order valence-corrected chi connectivity index (χ1v) is 37.3. The third kappa shape index (κ3) is 68.7. The molecule has 0 saturated heterocycles. The highest BCUT2D eigenvalue weighted by Crippen LogP contribution is 2.19. The second-order valence-corrected chi connectivity index (χ2v) is 25.6. The van der Waals surface area contributed by atoms with Crippen molar-refractivity contribution in [1.29, 1.82) is 0 Å². The van der Waals surface area contributed by atoms with Crippen LogP contribution >= 0.6 is 0 Å². The first kappa shape index (κ1) is 79.9. The summed E-state index contributed by atoms with van der Waals surface area (Å²) < 4.78 is 17.0. The summed E-state index contributed by atoms with van der Waals surface area (Å²) in [6.45, 7) is 6.71. The molecule has 1 atom stereocenters. The molecule has 0 N–H and O–H groups in total. The molecule has 0 aromatic carbocycles. The van der Waals surface area contributed by atoms with Crippen molar-refractivity contribution < 1.29 is 28.6 Å². The van der Waals surface area contributed by atoms with Crippen LogP contribution in [0.4, 0.5) is 0 Å². The average Bonchev–Trinajstić information content (AvgIpc) is 3.47. The van der Waals surface area contributed by atoms with Gasteiger partial charge in [0.2, 0.25) is 0 Å². The molecule has 0 aliphatic carbocycles. The number of ether oxygens (including phenoxy) is 3. The molecule has 0 bridgehead atoms. The van der Waals surface area contributed by atoms with Gasteiger partial charge in [0.15, 0.2) is 6.10 Å². The minimum absolute atomic E-state index is 0.0683. The number of unbranched alkanes of at least 4 members (excludes halogenated alkanes) is 55. The van der Waals surface area contributed by atoms with Gasteiger partial charge in [-0.25, -0.2) is 0 Å². The van der Waals surface area contributed by atoms with E-state index in [4.69, 9.17) is 14.2 Å². The normalized spacial score (nSPS) is 12.1. The largest absolute Gasteiger partial charge is 0.462 e. The highest BCUT2D eigenvalue weighted by molar-refractivity contribution is 5.71. The van der Waals surface area contributed by atoms with E-state index in [-0.39, 0.29) is 31.1 Å². The van der Waals surface area contributed by atoms with Gasteiger partial charge in [0.25, 0.3) is 0 Å². The van der Waals surface area contributed by atoms with E-state index in [1.54, 1.807) is 0 Å². The minimum Gasteiger partial charge on any atom is -0.462 e. The molecule has 0 amide bonds. The summed E-state index contributed by atoms with van der Waals surface area (Å²) in [5.41, 5.74) is 0. The first-order valence-electron chi connectivity index (χ1n) is 37.3. The van der Waals surface area contributed by atoms with Crippen LogP contribution in [-0.4, -0.2) is 37.2 Å². The topological polar surface area (TPSA) is 78.9 Å². The van der Waals surface area contributed by atoms with Crippen LogP contribution in [-0.2, 0) is 28.6 Å². The number of carbonyl (C=O) groups is 3. The van der Waals surface area contributed by atoms with E-state index in [0.29, 0.717) is 19.3 Å². The van der Waals surface area contributed by atoms with Gasteiger partial charge in [0.05, 0.1) is 0 Å². The Morgan fingerprint density at radius 2 is 0.402 bits per heavy atom. The van der Waals surface area contributed by atoms with Gasteiger partial charge >= 0.3 is 17.9 Å². The Morgan fingerprint density at radius 1 is 0.232 bits per heavy atom. The lowest BCUT2D eigenvalue weighted by atomic mass is 10.0. The van der Waals surface area contributed by atoms with Gasteiger partial charge in [-0.1, -0.05) is 360 Å². The lowest BCUT2D eigenvalue weighted by Gasteiger charge is -2.18. The summed E-state index contributed by atoms with van der Waals surface area (Å²) in [5.74, 6) is -0.845. The van der Waals surface area contributed by atoms with Gasteiger partial charge < -0.3 is 14.2 Å². The molecule has 0 saturated carbocycles. The second-order valence-electron chi connectivity index (χ2n) is 25.6. The van der Waals surface area contributed by atoms with E-state index < -0.39 is 6.10 Å². The van der Waals surface area contributed by atoms with E-state index >= 15 is 0 Å². The maximum atomic E-state index is 13.0. The Hall–Kier alpha value is -2.11. The van der Waals surface area contributed by atoms with E-state index in [9.17, 15) is 14.4 Å². The quantitative estimate of drug-likeness (QED) is 0.0261. The van der Waals surface area contributed by atoms with Crippen LogP contribution in [0.15, 0.2) is 24.3 Å². The molecule has 0 aromatic rings. The monoisotopic (exact) mass is 1150 g/mol. The third-order valence-corrected chi connectivity index (χ3v) is 17.2. The predicted octanol–water partition coefficient (Wildman–Crippen LogP) is 25.7. The fourth-order valence-corrected chi connectivity index (χ4v) is 11.6. The summed E-state index contributed by atoms with van der Waals surface area (Å²) in [6, 6.07) is 0. The number of hydrogen-bond acceptors (Lipinski definition) is 6. The second kappa shape index (κ2) is 71.4. The van der Waals surface area contributed by atoms with Gasteiger partial charge in [-0.2, -0.15) is 0 Å². The zero-order valence-electron chi connectivity index (χ0n) is 55.8. The molecule has 0 fully saturated rings. The minimum atomic E-state index is -0.774. The molecule has 0 spiro atoms. The first-order chi connectivity index (χ1) is 40.5. The van der Waals surface area contributed by atoms with Crippen LogP contribution in [0.25, 0.3) is 0 Å². The SMILES string of the molecule is CCCCCCC/C=C\CCCCCCCC(=O)OCC(COC(=O)CCCCCCCCCCCCCCCCCCCCCCCCCCCCC)OC(=O)CCCCCCCCCCCCC/C=C\CCCCCCCCCC. The number of rotatable bonds is 70. The van der Waals surface area contributed by atoms with E-state index in [2.05, 4.69) is 45.1 Å². The van der Waals surface area contributed by atoms with Gasteiger partial charge in [0, 0.05) is 19.3 Å². The number of hydrogen-bond donors (Lipinski definition) is 0. The lowest BCUT2D eigenvalue weighted by molar-refractivity contribution is -0.167. The summed E-state index contributed by atoms with van der Waals surface area (Å²) in [6.07, 6.45) is 88.0. The number of allylic oxidation sites excluding steroid dienone is 4. The highest BCUT2D eigenvalue weighted by Gasteiger charge is 2.20. The van der Waals surface area contributed by atoms with Gasteiger partial charge in [0.1, 0.15) is 13.2 Å². The van der Waals surface area contributed by atoms with Crippen molar-refractivity contribution in [3.63, 3.8) is 0 Å².